The monoisotopic (exact) mass is 150 g/mol. The molecule has 0 bridgehead atoms. The summed E-state index contributed by atoms with van der Waals surface area (Å²) in [4.78, 5) is 0. The molecule has 0 fully saturated rings. The molecule has 0 atom stereocenters. The Balaban J connectivity index is 2.45. The number of amidine groups is 1. The van der Waals surface area contributed by atoms with Gasteiger partial charge in [-0.05, 0) is 5.56 Å². The molecule has 0 aromatic heterocycles. The van der Waals surface area contributed by atoms with Gasteiger partial charge in [-0.1, -0.05) is 30.3 Å². The highest BCUT2D eigenvalue weighted by Gasteiger charge is 1.91. The van der Waals surface area contributed by atoms with E-state index in [-0.39, 0.29) is 6.02 Å². The summed E-state index contributed by atoms with van der Waals surface area (Å²) in [6.45, 7) is 0.371. The van der Waals surface area contributed by atoms with Crippen LogP contribution in [0.4, 0.5) is 0 Å². The van der Waals surface area contributed by atoms with E-state index in [1.807, 2.05) is 30.3 Å². The van der Waals surface area contributed by atoms with Gasteiger partial charge in [0.1, 0.15) is 6.61 Å². The molecule has 0 aliphatic heterocycles. The second kappa shape index (κ2) is 3.61. The first-order valence-corrected chi connectivity index (χ1v) is 3.30. The van der Waals surface area contributed by atoms with E-state index in [0.717, 1.165) is 5.56 Å². The molecule has 0 heterocycles. The lowest BCUT2D eigenvalue weighted by Gasteiger charge is -2.01. The van der Waals surface area contributed by atoms with Crippen LogP contribution < -0.4 is 5.73 Å². The van der Waals surface area contributed by atoms with Gasteiger partial charge in [-0.15, -0.1) is 0 Å². The zero-order valence-electron chi connectivity index (χ0n) is 6.08. The lowest BCUT2D eigenvalue weighted by Crippen LogP contribution is -2.13. The fourth-order valence-electron chi connectivity index (χ4n) is 0.735. The van der Waals surface area contributed by atoms with Gasteiger partial charge in [0.2, 0.25) is 0 Å². The first kappa shape index (κ1) is 7.60. The first-order valence-electron chi connectivity index (χ1n) is 3.30. The molecular weight excluding hydrogens is 140 g/mol. The summed E-state index contributed by atoms with van der Waals surface area (Å²) in [7, 11) is 0. The van der Waals surface area contributed by atoms with Gasteiger partial charge >= 0.3 is 0 Å². The minimum atomic E-state index is -0.242. The van der Waals surface area contributed by atoms with E-state index in [9.17, 15) is 0 Å². The molecule has 0 spiro atoms. The van der Waals surface area contributed by atoms with Crippen LogP contribution >= 0.6 is 0 Å². The van der Waals surface area contributed by atoms with Crippen LogP contribution in [-0.2, 0) is 11.3 Å². The average molecular weight is 150 g/mol. The van der Waals surface area contributed by atoms with Crippen molar-refractivity contribution in [3.05, 3.63) is 35.9 Å². The molecule has 0 aliphatic carbocycles. The second-order valence-electron chi connectivity index (χ2n) is 2.14. The van der Waals surface area contributed by atoms with Crippen molar-refractivity contribution in [2.45, 2.75) is 6.61 Å². The Bertz CT molecular complexity index is 233. The van der Waals surface area contributed by atoms with Crippen molar-refractivity contribution in [2.24, 2.45) is 5.73 Å². The minimum absolute atomic E-state index is 0.242. The molecule has 1 aromatic carbocycles. The van der Waals surface area contributed by atoms with Crippen molar-refractivity contribution in [3.63, 3.8) is 0 Å². The van der Waals surface area contributed by atoms with Crippen LogP contribution in [-0.4, -0.2) is 6.02 Å². The summed E-state index contributed by atoms with van der Waals surface area (Å²) in [5, 5.41) is 6.80. The van der Waals surface area contributed by atoms with Crippen molar-refractivity contribution >= 4 is 6.02 Å². The van der Waals surface area contributed by atoms with Gasteiger partial charge in [0, 0.05) is 0 Å². The maximum Gasteiger partial charge on any atom is 0.279 e. The molecule has 0 radical (unpaired) electrons. The van der Waals surface area contributed by atoms with Crippen molar-refractivity contribution in [3.8, 4) is 0 Å². The van der Waals surface area contributed by atoms with Gasteiger partial charge in [-0.3, -0.25) is 5.41 Å². The molecule has 11 heavy (non-hydrogen) atoms. The Morgan fingerprint density at radius 1 is 1.36 bits per heavy atom. The first-order chi connectivity index (χ1) is 5.29. The molecule has 3 N–H and O–H groups in total. The number of hydrogen-bond acceptors (Lipinski definition) is 2. The summed E-state index contributed by atoms with van der Waals surface area (Å²) in [6, 6.07) is 9.36. The van der Waals surface area contributed by atoms with E-state index in [1.54, 1.807) is 0 Å². The maximum atomic E-state index is 6.80. The second-order valence-corrected chi connectivity index (χ2v) is 2.14. The molecule has 0 aliphatic rings. The van der Waals surface area contributed by atoms with Crippen molar-refractivity contribution in [2.75, 3.05) is 0 Å². The normalized spacial score (nSPS) is 9.09. The highest BCUT2D eigenvalue weighted by molar-refractivity contribution is 5.67. The van der Waals surface area contributed by atoms with Gasteiger partial charge in [0.05, 0.1) is 0 Å². The lowest BCUT2D eigenvalue weighted by atomic mass is 10.2. The SMILES string of the molecule is N=C(N)OCc1ccccc1. The molecule has 1 aromatic rings. The van der Waals surface area contributed by atoms with E-state index >= 15 is 0 Å². The van der Waals surface area contributed by atoms with Crippen LogP contribution in [0.3, 0.4) is 0 Å². The van der Waals surface area contributed by atoms with E-state index in [0.29, 0.717) is 6.61 Å². The smallest absolute Gasteiger partial charge is 0.279 e. The highest BCUT2D eigenvalue weighted by atomic mass is 16.5. The molecule has 3 nitrogen and oxygen atoms in total. The Morgan fingerprint density at radius 2 is 2.00 bits per heavy atom. The maximum absolute atomic E-state index is 6.80. The van der Waals surface area contributed by atoms with Gasteiger partial charge in [0.15, 0.2) is 0 Å². The third kappa shape index (κ3) is 2.71. The van der Waals surface area contributed by atoms with Crippen molar-refractivity contribution in [1.29, 1.82) is 5.41 Å². The number of rotatable bonds is 2. The fourth-order valence-corrected chi connectivity index (χ4v) is 0.735. The van der Waals surface area contributed by atoms with Crippen molar-refractivity contribution < 1.29 is 4.74 Å². The van der Waals surface area contributed by atoms with Gasteiger partial charge in [-0.25, -0.2) is 0 Å². The van der Waals surface area contributed by atoms with Gasteiger partial charge in [-0.2, -0.15) is 0 Å². The largest absolute Gasteiger partial charge is 0.461 e. The van der Waals surface area contributed by atoms with Crippen LogP contribution in [0, 0.1) is 5.41 Å². The quantitative estimate of drug-likeness (QED) is 0.490. The third-order valence-corrected chi connectivity index (χ3v) is 1.24. The minimum Gasteiger partial charge on any atom is -0.461 e. The lowest BCUT2D eigenvalue weighted by molar-refractivity contribution is 0.284. The van der Waals surface area contributed by atoms with Crippen LogP contribution in [0.25, 0.3) is 0 Å². The van der Waals surface area contributed by atoms with E-state index < -0.39 is 0 Å². The van der Waals surface area contributed by atoms with Gasteiger partial charge in [0.25, 0.3) is 6.02 Å². The van der Waals surface area contributed by atoms with Crippen LogP contribution in [0.1, 0.15) is 5.56 Å². The molecule has 0 saturated carbocycles. The predicted molar refractivity (Wildman–Crippen MR) is 43.1 cm³/mol. The number of ether oxygens (including phenoxy) is 1. The Hall–Kier alpha value is -1.51. The molecule has 3 heteroatoms. The predicted octanol–water partition coefficient (Wildman–Crippen LogP) is 1.10. The summed E-state index contributed by atoms with van der Waals surface area (Å²) >= 11 is 0. The summed E-state index contributed by atoms with van der Waals surface area (Å²) in [6.07, 6.45) is 0. The summed E-state index contributed by atoms with van der Waals surface area (Å²) in [5.74, 6) is 0. The molecule has 58 valence electrons. The van der Waals surface area contributed by atoms with Crippen molar-refractivity contribution in [1.82, 2.24) is 0 Å². The fraction of sp³-hybridized carbons (Fsp3) is 0.125. The third-order valence-electron chi connectivity index (χ3n) is 1.24. The zero-order valence-corrected chi connectivity index (χ0v) is 6.08. The Labute approximate surface area is 65.3 Å². The molecular formula is C8H10N2O. The van der Waals surface area contributed by atoms with Crippen LogP contribution in [0.2, 0.25) is 0 Å². The topological polar surface area (TPSA) is 59.1 Å². The number of nitrogens with two attached hydrogens (primary N) is 1. The van der Waals surface area contributed by atoms with E-state index in [2.05, 4.69) is 0 Å². The van der Waals surface area contributed by atoms with Gasteiger partial charge < -0.3 is 10.5 Å². The zero-order chi connectivity index (χ0) is 8.10. The van der Waals surface area contributed by atoms with E-state index in [1.165, 1.54) is 0 Å². The standard InChI is InChI=1S/C8H10N2O/c9-8(10)11-6-7-4-2-1-3-5-7/h1-5H,6H2,(H3,9,10). The van der Waals surface area contributed by atoms with Crippen LogP contribution in [0.5, 0.6) is 0 Å². The number of nitrogens with one attached hydrogen (secondary N) is 1. The average Bonchev–Trinajstić information content (AvgIpc) is 2.03. The van der Waals surface area contributed by atoms with Crippen LogP contribution in [0.15, 0.2) is 30.3 Å². The molecule has 1 rings (SSSR count). The number of benzene rings is 1. The number of hydrogen-bond donors (Lipinski definition) is 2. The molecule has 0 unspecified atom stereocenters. The van der Waals surface area contributed by atoms with E-state index in [4.69, 9.17) is 15.9 Å². The molecule has 0 saturated heterocycles. The summed E-state index contributed by atoms with van der Waals surface area (Å²) in [5.41, 5.74) is 6.02. The molecule has 0 amide bonds. The Morgan fingerprint density at radius 3 is 2.55 bits per heavy atom. The Kier molecular flexibility index (Phi) is 2.49. The summed E-state index contributed by atoms with van der Waals surface area (Å²) < 4.78 is 4.79. The highest BCUT2D eigenvalue weighted by Crippen LogP contribution is 1.99.